The SMILES string of the molecule is O=C(NC(c1ccc(Cl)cc1)C1CC1)c1sc2cc(F)ccc2c1Cl. The normalized spacial score (nSPS) is 15.3. The van der Waals surface area contributed by atoms with Crippen molar-refractivity contribution in [2.45, 2.75) is 18.9 Å². The first-order valence-electron chi connectivity index (χ1n) is 7.97. The standard InChI is InChI=1S/C19H14Cl2FNOS/c20-12-5-3-11(4-6-12)17(10-1-2-10)23-19(24)18-16(21)14-8-7-13(22)9-15(14)25-18/h3-10,17H,1-2H2,(H,23,24). The van der Waals surface area contributed by atoms with Gasteiger partial charge in [0.1, 0.15) is 10.7 Å². The number of thiophene rings is 1. The maximum Gasteiger partial charge on any atom is 0.263 e. The highest BCUT2D eigenvalue weighted by atomic mass is 35.5. The molecule has 1 heterocycles. The fourth-order valence-electron chi connectivity index (χ4n) is 2.96. The van der Waals surface area contributed by atoms with Crippen LogP contribution in [0.2, 0.25) is 10.0 Å². The second-order valence-corrected chi connectivity index (χ2v) is 8.09. The molecule has 1 atom stereocenters. The quantitative estimate of drug-likeness (QED) is 0.559. The lowest BCUT2D eigenvalue weighted by Crippen LogP contribution is -2.29. The Bertz CT molecular complexity index is 950. The molecule has 2 aromatic carbocycles. The Balaban J connectivity index is 1.64. The van der Waals surface area contributed by atoms with E-state index in [0.29, 0.717) is 30.9 Å². The monoisotopic (exact) mass is 393 g/mol. The van der Waals surface area contributed by atoms with Crippen LogP contribution in [0.1, 0.15) is 34.1 Å². The molecule has 1 fully saturated rings. The summed E-state index contributed by atoms with van der Waals surface area (Å²) in [6.45, 7) is 0. The average molecular weight is 394 g/mol. The van der Waals surface area contributed by atoms with E-state index in [4.69, 9.17) is 23.2 Å². The van der Waals surface area contributed by atoms with Crippen LogP contribution in [0.4, 0.5) is 4.39 Å². The Morgan fingerprint density at radius 1 is 1.16 bits per heavy atom. The van der Waals surface area contributed by atoms with Gasteiger partial charge >= 0.3 is 0 Å². The molecule has 0 saturated heterocycles. The summed E-state index contributed by atoms with van der Waals surface area (Å²) in [5, 5.41) is 4.84. The molecule has 1 amide bonds. The van der Waals surface area contributed by atoms with E-state index in [1.54, 1.807) is 6.07 Å². The summed E-state index contributed by atoms with van der Waals surface area (Å²) in [5.74, 6) is -0.136. The molecule has 0 bridgehead atoms. The number of hydrogen-bond donors (Lipinski definition) is 1. The number of rotatable bonds is 4. The molecule has 3 aromatic rings. The summed E-state index contributed by atoms with van der Waals surface area (Å²) >= 11 is 13.5. The van der Waals surface area contributed by atoms with Crippen LogP contribution >= 0.6 is 34.5 Å². The summed E-state index contributed by atoms with van der Waals surface area (Å²) in [4.78, 5) is 13.2. The fraction of sp³-hybridized carbons (Fsp3) is 0.211. The molecule has 25 heavy (non-hydrogen) atoms. The molecule has 0 radical (unpaired) electrons. The van der Waals surface area contributed by atoms with Gasteiger partial charge in [0.15, 0.2) is 0 Å². The number of hydrogen-bond acceptors (Lipinski definition) is 2. The van der Waals surface area contributed by atoms with Crippen molar-refractivity contribution in [2.24, 2.45) is 5.92 Å². The average Bonchev–Trinajstić information content (AvgIpc) is 3.38. The molecule has 1 saturated carbocycles. The first-order valence-corrected chi connectivity index (χ1v) is 9.54. The van der Waals surface area contributed by atoms with Crippen molar-refractivity contribution in [3.63, 3.8) is 0 Å². The van der Waals surface area contributed by atoms with Crippen LogP contribution in [-0.2, 0) is 0 Å². The van der Waals surface area contributed by atoms with Crippen molar-refractivity contribution < 1.29 is 9.18 Å². The predicted octanol–water partition coefficient (Wildman–Crippen LogP) is 6.23. The zero-order valence-electron chi connectivity index (χ0n) is 13.1. The van der Waals surface area contributed by atoms with Crippen molar-refractivity contribution in [3.05, 3.63) is 68.8 Å². The predicted molar refractivity (Wildman–Crippen MR) is 101 cm³/mol. The summed E-state index contributed by atoms with van der Waals surface area (Å²) in [6, 6.07) is 11.8. The summed E-state index contributed by atoms with van der Waals surface area (Å²) in [7, 11) is 0. The molecule has 2 nitrogen and oxygen atoms in total. The maximum absolute atomic E-state index is 13.4. The van der Waals surface area contributed by atoms with Crippen LogP contribution in [0, 0.1) is 11.7 Å². The molecule has 0 spiro atoms. The summed E-state index contributed by atoms with van der Waals surface area (Å²) in [6.07, 6.45) is 2.16. The Morgan fingerprint density at radius 3 is 2.56 bits per heavy atom. The topological polar surface area (TPSA) is 29.1 Å². The van der Waals surface area contributed by atoms with Crippen molar-refractivity contribution >= 4 is 50.5 Å². The highest BCUT2D eigenvalue weighted by molar-refractivity contribution is 7.21. The van der Waals surface area contributed by atoms with Gasteiger partial charge < -0.3 is 5.32 Å². The van der Waals surface area contributed by atoms with Crippen LogP contribution in [-0.4, -0.2) is 5.91 Å². The minimum absolute atomic E-state index is 0.0669. The first kappa shape index (κ1) is 16.8. The van der Waals surface area contributed by atoms with E-state index in [9.17, 15) is 9.18 Å². The molecule has 4 rings (SSSR count). The van der Waals surface area contributed by atoms with E-state index in [1.807, 2.05) is 24.3 Å². The smallest absolute Gasteiger partial charge is 0.263 e. The second kappa shape index (κ2) is 6.60. The van der Waals surface area contributed by atoms with E-state index >= 15 is 0 Å². The Hall–Kier alpha value is -1.62. The second-order valence-electron chi connectivity index (χ2n) is 6.23. The van der Waals surface area contributed by atoms with Crippen molar-refractivity contribution in [1.82, 2.24) is 5.32 Å². The number of amides is 1. The molecule has 1 N–H and O–H groups in total. The van der Waals surface area contributed by atoms with Crippen LogP contribution < -0.4 is 5.32 Å². The van der Waals surface area contributed by atoms with Gasteiger partial charge in [0.05, 0.1) is 11.1 Å². The summed E-state index contributed by atoms with van der Waals surface area (Å²) in [5.41, 5.74) is 1.03. The molecule has 1 unspecified atom stereocenters. The van der Waals surface area contributed by atoms with Gasteiger partial charge in [-0.1, -0.05) is 35.3 Å². The van der Waals surface area contributed by atoms with E-state index in [0.717, 1.165) is 18.4 Å². The van der Waals surface area contributed by atoms with Gasteiger partial charge in [0.25, 0.3) is 5.91 Å². The van der Waals surface area contributed by atoms with E-state index in [-0.39, 0.29) is 17.8 Å². The van der Waals surface area contributed by atoms with Crippen LogP contribution in [0.15, 0.2) is 42.5 Å². The van der Waals surface area contributed by atoms with Crippen LogP contribution in [0.3, 0.4) is 0 Å². The number of benzene rings is 2. The molecule has 1 aromatic heterocycles. The van der Waals surface area contributed by atoms with E-state index in [1.165, 1.54) is 23.5 Å². The lowest BCUT2D eigenvalue weighted by molar-refractivity contribution is 0.0936. The molecule has 128 valence electrons. The minimum Gasteiger partial charge on any atom is -0.344 e. The Labute approximate surface area is 158 Å². The third-order valence-electron chi connectivity index (χ3n) is 4.41. The van der Waals surface area contributed by atoms with Crippen molar-refractivity contribution in [3.8, 4) is 0 Å². The maximum atomic E-state index is 13.4. The van der Waals surface area contributed by atoms with Gasteiger partial charge in [-0.25, -0.2) is 4.39 Å². The van der Waals surface area contributed by atoms with E-state index in [2.05, 4.69) is 5.32 Å². The zero-order valence-corrected chi connectivity index (χ0v) is 15.4. The molecule has 0 aliphatic heterocycles. The molecule has 6 heteroatoms. The molecule has 1 aliphatic rings. The molecular formula is C19H14Cl2FNOS. The number of carbonyl (C=O) groups excluding carboxylic acids is 1. The van der Waals surface area contributed by atoms with Gasteiger partial charge in [-0.15, -0.1) is 11.3 Å². The van der Waals surface area contributed by atoms with Gasteiger partial charge in [-0.05, 0) is 54.7 Å². The number of fused-ring (bicyclic) bond motifs is 1. The third kappa shape index (κ3) is 3.39. The highest BCUT2D eigenvalue weighted by Gasteiger charge is 2.34. The Morgan fingerprint density at radius 2 is 1.88 bits per heavy atom. The number of nitrogens with one attached hydrogen (secondary N) is 1. The van der Waals surface area contributed by atoms with Gasteiger partial charge in [-0.2, -0.15) is 0 Å². The van der Waals surface area contributed by atoms with Gasteiger partial charge in [0, 0.05) is 15.1 Å². The van der Waals surface area contributed by atoms with Gasteiger partial charge in [0.2, 0.25) is 0 Å². The number of carbonyl (C=O) groups is 1. The summed E-state index contributed by atoms with van der Waals surface area (Å²) < 4.78 is 14.1. The van der Waals surface area contributed by atoms with Crippen LogP contribution in [0.25, 0.3) is 10.1 Å². The lowest BCUT2D eigenvalue weighted by Gasteiger charge is -2.18. The highest BCUT2D eigenvalue weighted by Crippen LogP contribution is 2.42. The first-order chi connectivity index (χ1) is 12.0. The minimum atomic E-state index is -0.339. The largest absolute Gasteiger partial charge is 0.344 e. The Kier molecular flexibility index (Phi) is 4.44. The van der Waals surface area contributed by atoms with E-state index < -0.39 is 0 Å². The van der Waals surface area contributed by atoms with Crippen molar-refractivity contribution in [2.75, 3.05) is 0 Å². The lowest BCUT2D eigenvalue weighted by atomic mass is 10.0. The van der Waals surface area contributed by atoms with Crippen molar-refractivity contribution in [1.29, 1.82) is 0 Å². The zero-order chi connectivity index (χ0) is 17.6. The third-order valence-corrected chi connectivity index (χ3v) is 6.31. The fourth-order valence-corrected chi connectivity index (χ4v) is 4.54. The molecule has 1 aliphatic carbocycles. The van der Waals surface area contributed by atoms with Gasteiger partial charge in [-0.3, -0.25) is 4.79 Å². The molecular weight excluding hydrogens is 380 g/mol. The van der Waals surface area contributed by atoms with Crippen LogP contribution in [0.5, 0.6) is 0 Å². The number of halogens is 3.